The van der Waals surface area contributed by atoms with E-state index >= 15 is 0 Å². The van der Waals surface area contributed by atoms with Crippen LogP contribution in [0.25, 0.3) is 0 Å². The van der Waals surface area contributed by atoms with Crippen LogP contribution in [0.3, 0.4) is 0 Å². The molecule has 0 bridgehead atoms. The number of para-hydroxylation sites is 1. The second-order valence-corrected chi connectivity index (χ2v) is 11.5. The molecule has 2 aromatic carbocycles. The number of piperazine rings is 1. The lowest BCUT2D eigenvalue weighted by Gasteiger charge is -2.47. The van der Waals surface area contributed by atoms with Crippen LogP contribution in [0.5, 0.6) is 0 Å². The molecule has 3 fully saturated rings. The minimum atomic E-state index is -0.141. The standard InChI is InChI=1S/C30H40ClFN4O/c31-25-12-9-23(10-13-25)21-34-16-15-28(24(22-34)11-14-30(37)33-26-5-1-2-6-26)35-17-19-36(20-18-35)29-8-4-3-7-27(29)32/h3-4,7-10,12-13,24,26,28H,1-2,5-6,11,14-22H2,(H,33,37)/t24-,28+/m1/s1. The van der Waals surface area contributed by atoms with E-state index < -0.39 is 0 Å². The van der Waals surface area contributed by atoms with Crippen molar-refractivity contribution in [3.05, 3.63) is 64.9 Å². The zero-order valence-electron chi connectivity index (χ0n) is 21.8. The molecule has 2 saturated heterocycles. The van der Waals surface area contributed by atoms with Gasteiger partial charge in [-0.1, -0.05) is 48.7 Å². The minimum Gasteiger partial charge on any atom is -0.367 e. The van der Waals surface area contributed by atoms with Gasteiger partial charge in [-0.15, -0.1) is 0 Å². The first-order valence-corrected chi connectivity index (χ1v) is 14.4. The van der Waals surface area contributed by atoms with Gasteiger partial charge in [-0.05, 0) is 68.0 Å². The van der Waals surface area contributed by atoms with Crippen molar-refractivity contribution in [2.45, 2.75) is 63.6 Å². The number of nitrogens with zero attached hydrogens (tertiary/aromatic N) is 3. The van der Waals surface area contributed by atoms with Gasteiger partial charge in [0, 0.05) is 62.8 Å². The number of amides is 1. The molecule has 2 atom stereocenters. The number of rotatable bonds is 8. The normalized spacial score (nSPS) is 23.9. The SMILES string of the molecule is O=C(CC[C@@H]1CN(Cc2ccc(Cl)cc2)CC[C@@H]1N1CCN(c2ccccc2F)CC1)NC1CCCC1. The van der Waals surface area contributed by atoms with Crippen LogP contribution in [0, 0.1) is 11.7 Å². The highest BCUT2D eigenvalue weighted by Crippen LogP contribution is 2.30. The lowest BCUT2D eigenvalue weighted by Crippen LogP contribution is -2.57. The van der Waals surface area contributed by atoms with Crippen LogP contribution in [0.4, 0.5) is 10.1 Å². The van der Waals surface area contributed by atoms with E-state index in [-0.39, 0.29) is 11.7 Å². The van der Waals surface area contributed by atoms with Crippen molar-refractivity contribution < 1.29 is 9.18 Å². The first kappa shape index (κ1) is 26.5. The first-order chi connectivity index (χ1) is 18.0. The molecule has 1 N–H and O–H groups in total. The van der Waals surface area contributed by atoms with Crippen LogP contribution in [0.2, 0.25) is 5.02 Å². The molecule has 1 saturated carbocycles. The van der Waals surface area contributed by atoms with Gasteiger partial charge < -0.3 is 10.2 Å². The smallest absolute Gasteiger partial charge is 0.220 e. The Bertz CT molecular complexity index is 1020. The number of nitrogens with one attached hydrogen (secondary N) is 1. The molecule has 2 aliphatic heterocycles. The van der Waals surface area contributed by atoms with Gasteiger partial charge in [0.2, 0.25) is 5.91 Å². The van der Waals surface area contributed by atoms with E-state index in [9.17, 15) is 9.18 Å². The van der Waals surface area contributed by atoms with Gasteiger partial charge in [0.05, 0.1) is 5.69 Å². The molecule has 5 nitrogen and oxygen atoms in total. The number of benzene rings is 2. The third kappa shape index (κ3) is 7.04. The van der Waals surface area contributed by atoms with Gasteiger partial charge in [-0.25, -0.2) is 4.39 Å². The highest BCUT2D eigenvalue weighted by Gasteiger charge is 2.35. The zero-order valence-corrected chi connectivity index (χ0v) is 22.5. The van der Waals surface area contributed by atoms with E-state index in [0.29, 0.717) is 30.1 Å². The summed E-state index contributed by atoms with van der Waals surface area (Å²) in [5.74, 6) is 0.512. The summed E-state index contributed by atoms with van der Waals surface area (Å²) < 4.78 is 14.3. The van der Waals surface area contributed by atoms with E-state index in [1.165, 1.54) is 18.4 Å². The maximum atomic E-state index is 14.3. The van der Waals surface area contributed by atoms with Gasteiger partial charge >= 0.3 is 0 Å². The summed E-state index contributed by atoms with van der Waals surface area (Å²) in [5, 5.41) is 4.04. The predicted octanol–water partition coefficient (Wildman–Crippen LogP) is 5.33. The average Bonchev–Trinajstić information content (AvgIpc) is 3.42. The molecule has 0 aromatic heterocycles. The molecular weight excluding hydrogens is 487 g/mol. The van der Waals surface area contributed by atoms with Crippen LogP contribution in [0.1, 0.15) is 50.5 Å². The molecule has 2 aromatic rings. The largest absolute Gasteiger partial charge is 0.367 e. The Balaban J connectivity index is 1.21. The van der Waals surface area contributed by atoms with E-state index in [2.05, 4.69) is 32.1 Å². The lowest BCUT2D eigenvalue weighted by molar-refractivity contribution is -0.122. The number of halogens is 2. The first-order valence-electron chi connectivity index (χ1n) is 14.0. The topological polar surface area (TPSA) is 38.8 Å². The highest BCUT2D eigenvalue weighted by atomic mass is 35.5. The third-order valence-electron chi connectivity index (χ3n) is 8.54. The summed E-state index contributed by atoms with van der Waals surface area (Å²) in [5.41, 5.74) is 1.99. The number of carbonyl (C=O) groups is 1. The second-order valence-electron chi connectivity index (χ2n) is 11.0. The molecule has 0 unspecified atom stereocenters. The fourth-order valence-corrected chi connectivity index (χ4v) is 6.67. The fourth-order valence-electron chi connectivity index (χ4n) is 6.54. The summed E-state index contributed by atoms with van der Waals surface area (Å²) >= 11 is 6.09. The molecule has 5 rings (SSSR count). The average molecular weight is 527 g/mol. The lowest BCUT2D eigenvalue weighted by atomic mass is 9.86. The van der Waals surface area contributed by atoms with Gasteiger partial charge in [0.15, 0.2) is 0 Å². The summed E-state index contributed by atoms with van der Waals surface area (Å²) in [4.78, 5) is 20.1. The Morgan fingerprint density at radius 1 is 0.946 bits per heavy atom. The zero-order chi connectivity index (χ0) is 25.6. The van der Waals surface area contributed by atoms with Crippen molar-refractivity contribution in [1.82, 2.24) is 15.1 Å². The molecule has 1 aliphatic carbocycles. The van der Waals surface area contributed by atoms with Crippen molar-refractivity contribution in [2.24, 2.45) is 5.92 Å². The number of likely N-dealkylation sites (tertiary alicyclic amines) is 1. The molecule has 37 heavy (non-hydrogen) atoms. The fraction of sp³-hybridized carbons (Fsp3) is 0.567. The Labute approximate surface area is 225 Å². The van der Waals surface area contributed by atoms with Gasteiger partial charge in [-0.2, -0.15) is 0 Å². The van der Waals surface area contributed by atoms with E-state index in [0.717, 1.165) is 76.5 Å². The molecule has 200 valence electrons. The van der Waals surface area contributed by atoms with E-state index in [4.69, 9.17) is 11.6 Å². The quantitative estimate of drug-likeness (QED) is 0.504. The van der Waals surface area contributed by atoms with Crippen LogP contribution in [-0.2, 0) is 11.3 Å². The van der Waals surface area contributed by atoms with Crippen molar-refractivity contribution in [2.75, 3.05) is 44.2 Å². The Hall–Kier alpha value is -2.15. The molecular formula is C30H40ClFN4O. The van der Waals surface area contributed by atoms with Crippen LogP contribution >= 0.6 is 11.6 Å². The molecule has 1 amide bonds. The van der Waals surface area contributed by atoms with Crippen molar-refractivity contribution in [1.29, 1.82) is 0 Å². The van der Waals surface area contributed by atoms with E-state index in [1.807, 2.05) is 24.3 Å². The number of hydrogen-bond acceptors (Lipinski definition) is 4. The molecule has 7 heteroatoms. The summed E-state index contributed by atoms with van der Waals surface area (Å²) in [6, 6.07) is 16.1. The Morgan fingerprint density at radius 3 is 2.41 bits per heavy atom. The summed E-state index contributed by atoms with van der Waals surface area (Å²) in [6.07, 6.45) is 7.32. The number of anilines is 1. The number of piperidine rings is 1. The second kappa shape index (κ2) is 12.6. The highest BCUT2D eigenvalue weighted by molar-refractivity contribution is 6.30. The summed E-state index contributed by atoms with van der Waals surface area (Å²) in [7, 11) is 0. The van der Waals surface area contributed by atoms with Crippen molar-refractivity contribution in [3.63, 3.8) is 0 Å². The van der Waals surface area contributed by atoms with E-state index in [1.54, 1.807) is 12.1 Å². The van der Waals surface area contributed by atoms with Crippen LogP contribution in [-0.4, -0.2) is 67.1 Å². The monoisotopic (exact) mass is 526 g/mol. The molecule has 3 aliphatic rings. The Kier molecular flexibility index (Phi) is 9.01. The minimum absolute atomic E-state index is 0.141. The third-order valence-corrected chi connectivity index (χ3v) is 8.79. The maximum absolute atomic E-state index is 14.3. The van der Waals surface area contributed by atoms with Gasteiger partial charge in [-0.3, -0.25) is 14.6 Å². The maximum Gasteiger partial charge on any atom is 0.220 e. The molecule has 0 spiro atoms. The van der Waals surface area contributed by atoms with Crippen LogP contribution in [0.15, 0.2) is 48.5 Å². The van der Waals surface area contributed by atoms with Gasteiger partial charge in [0.1, 0.15) is 5.82 Å². The summed E-state index contributed by atoms with van der Waals surface area (Å²) in [6.45, 7) is 6.49. The van der Waals surface area contributed by atoms with Gasteiger partial charge in [0.25, 0.3) is 0 Å². The van der Waals surface area contributed by atoms with Crippen molar-refractivity contribution in [3.8, 4) is 0 Å². The number of hydrogen-bond donors (Lipinski definition) is 1. The number of carbonyl (C=O) groups excluding carboxylic acids is 1. The predicted molar refractivity (Wildman–Crippen MR) is 148 cm³/mol. The molecule has 2 heterocycles. The molecule has 0 radical (unpaired) electrons. The van der Waals surface area contributed by atoms with Crippen LogP contribution < -0.4 is 10.2 Å². The van der Waals surface area contributed by atoms with Crippen molar-refractivity contribution >= 4 is 23.2 Å². The Morgan fingerprint density at radius 2 is 1.68 bits per heavy atom.